The zero-order valence-electron chi connectivity index (χ0n) is 24.3. The predicted octanol–water partition coefficient (Wildman–Crippen LogP) is 2.99. The summed E-state index contributed by atoms with van der Waals surface area (Å²) in [6.45, 7) is 20.4. The van der Waals surface area contributed by atoms with E-state index in [1.807, 2.05) is 34.6 Å². The molecule has 0 aromatic rings. The summed E-state index contributed by atoms with van der Waals surface area (Å²) in [6.07, 6.45) is 1.45. The molecule has 2 rings (SSSR count). The van der Waals surface area contributed by atoms with E-state index in [2.05, 4.69) is 17.2 Å². The number of fused-ring (bicyclic) bond motifs is 1. The average molecular weight is 536 g/mol. The number of hydrogen-bond acceptors (Lipinski definition) is 7. The van der Waals surface area contributed by atoms with Crippen LogP contribution in [0.5, 0.6) is 0 Å². The van der Waals surface area contributed by atoms with Crippen molar-refractivity contribution in [2.24, 2.45) is 22.7 Å². The van der Waals surface area contributed by atoms with Crippen molar-refractivity contribution in [2.45, 2.75) is 98.9 Å². The van der Waals surface area contributed by atoms with Gasteiger partial charge in [0.05, 0.1) is 12.6 Å². The summed E-state index contributed by atoms with van der Waals surface area (Å²) in [5, 5.41) is 5.42. The Morgan fingerprint density at radius 3 is 2.18 bits per heavy atom. The second kappa shape index (κ2) is 11.5. The van der Waals surface area contributed by atoms with Crippen molar-refractivity contribution in [2.75, 3.05) is 13.2 Å². The van der Waals surface area contributed by atoms with Crippen molar-refractivity contribution in [3.05, 3.63) is 12.7 Å². The Labute approximate surface area is 226 Å². The minimum absolute atomic E-state index is 0.0361. The number of carbonyl (C=O) groups is 5. The molecule has 38 heavy (non-hydrogen) atoms. The number of esters is 1. The molecule has 2 aliphatic rings. The van der Waals surface area contributed by atoms with E-state index in [-0.39, 0.29) is 30.3 Å². The molecular formula is C28H45N3O7. The molecule has 2 unspecified atom stereocenters. The number of likely N-dealkylation sites (tertiary alicyclic amines) is 1. The molecule has 2 fully saturated rings. The van der Waals surface area contributed by atoms with Crippen LogP contribution in [0.3, 0.4) is 0 Å². The van der Waals surface area contributed by atoms with Crippen molar-refractivity contribution in [3.8, 4) is 0 Å². The van der Waals surface area contributed by atoms with E-state index in [0.29, 0.717) is 13.0 Å². The first-order valence-electron chi connectivity index (χ1n) is 13.3. The maximum absolute atomic E-state index is 13.9. The van der Waals surface area contributed by atoms with Crippen LogP contribution in [0.25, 0.3) is 0 Å². The van der Waals surface area contributed by atoms with Gasteiger partial charge in [0.15, 0.2) is 0 Å². The fraction of sp³-hybridized carbons (Fsp3) is 0.750. The van der Waals surface area contributed by atoms with E-state index in [4.69, 9.17) is 9.47 Å². The van der Waals surface area contributed by atoms with Crippen LogP contribution in [0, 0.1) is 22.7 Å². The Balaban J connectivity index is 2.33. The van der Waals surface area contributed by atoms with Gasteiger partial charge >= 0.3 is 12.1 Å². The molecule has 5 atom stereocenters. The third kappa shape index (κ3) is 7.14. The number of nitrogens with one attached hydrogen (secondary N) is 2. The minimum Gasteiger partial charge on any atom is -0.460 e. The van der Waals surface area contributed by atoms with Gasteiger partial charge in [-0.1, -0.05) is 40.7 Å². The van der Waals surface area contributed by atoms with Crippen LogP contribution in [-0.2, 0) is 28.7 Å². The molecule has 1 heterocycles. The average Bonchev–Trinajstić information content (AvgIpc) is 3.11. The molecular weight excluding hydrogens is 490 g/mol. The van der Waals surface area contributed by atoms with Gasteiger partial charge in [-0.2, -0.15) is 0 Å². The number of ketones is 1. The fourth-order valence-corrected chi connectivity index (χ4v) is 5.21. The van der Waals surface area contributed by atoms with Crippen LogP contribution >= 0.6 is 0 Å². The van der Waals surface area contributed by atoms with Gasteiger partial charge in [-0.05, 0) is 63.2 Å². The van der Waals surface area contributed by atoms with E-state index >= 15 is 0 Å². The zero-order valence-corrected chi connectivity index (χ0v) is 24.3. The highest BCUT2D eigenvalue weighted by atomic mass is 16.6. The van der Waals surface area contributed by atoms with Crippen LogP contribution < -0.4 is 10.6 Å². The lowest BCUT2D eigenvalue weighted by Gasteiger charge is -2.38. The van der Waals surface area contributed by atoms with Crippen LogP contribution in [0.1, 0.15) is 75.2 Å². The smallest absolute Gasteiger partial charge is 0.408 e. The predicted molar refractivity (Wildman–Crippen MR) is 142 cm³/mol. The highest BCUT2D eigenvalue weighted by molar-refractivity contribution is 6.36. The van der Waals surface area contributed by atoms with Crippen molar-refractivity contribution in [3.63, 3.8) is 0 Å². The SMILES string of the molecule is C=CCCC(NC(=O)[C@@H]1[C@@H]2[C@H](CN1C(=O)C(NC(=O)OC(C)(C)C)C(C)(C)C)C2(C)C)C(=O)C(=O)OCC. The lowest BCUT2D eigenvalue weighted by Crippen LogP contribution is -2.60. The third-order valence-electron chi connectivity index (χ3n) is 7.30. The van der Waals surface area contributed by atoms with Crippen LogP contribution in [0.4, 0.5) is 4.79 Å². The molecule has 10 nitrogen and oxygen atoms in total. The van der Waals surface area contributed by atoms with Crippen molar-refractivity contribution >= 4 is 29.7 Å². The summed E-state index contributed by atoms with van der Waals surface area (Å²) in [7, 11) is 0. The number of amides is 3. The van der Waals surface area contributed by atoms with Crippen molar-refractivity contribution in [1.82, 2.24) is 15.5 Å². The highest BCUT2D eigenvalue weighted by Crippen LogP contribution is 2.65. The quantitative estimate of drug-likeness (QED) is 0.250. The Hall–Kier alpha value is -2.91. The zero-order chi connectivity index (χ0) is 29.2. The number of alkyl carbamates (subject to hydrolysis) is 1. The molecule has 3 amide bonds. The van der Waals surface area contributed by atoms with Gasteiger partial charge in [-0.3, -0.25) is 14.4 Å². The summed E-state index contributed by atoms with van der Waals surface area (Å²) in [5.41, 5.74) is -1.59. The molecule has 1 aliphatic heterocycles. The summed E-state index contributed by atoms with van der Waals surface area (Å²) in [5.74, 6) is -2.79. The van der Waals surface area contributed by atoms with E-state index in [1.165, 1.54) is 4.90 Å². The number of piperidine rings is 1. The largest absolute Gasteiger partial charge is 0.460 e. The first-order valence-corrected chi connectivity index (χ1v) is 13.3. The molecule has 1 saturated carbocycles. The fourth-order valence-electron chi connectivity index (χ4n) is 5.21. The van der Waals surface area contributed by atoms with Gasteiger partial charge in [-0.25, -0.2) is 9.59 Å². The molecule has 0 bridgehead atoms. The second-order valence-corrected chi connectivity index (χ2v) is 12.8. The van der Waals surface area contributed by atoms with Gasteiger partial charge in [0.1, 0.15) is 17.7 Å². The van der Waals surface area contributed by atoms with E-state index < -0.39 is 58.8 Å². The standard InChI is InChI=1S/C28H45N3O7/c1-11-13-14-17(20(32)24(35)37-12-2)29-22(33)19-18-16(28(18,9)10)15-31(19)23(34)21(26(3,4)5)30-25(36)38-27(6,7)8/h11,16-19,21H,1,12-15H2,2-10H3,(H,29,33)(H,30,36)/t16-,17?,18-,19-,21?/m0/s1. The highest BCUT2D eigenvalue weighted by Gasteiger charge is 2.70. The number of Topliss-reactive ketones (excluding diaryl/α,β-unsaturated/α-hetero) is 1. The first kappa shape index (κ1) is 31.3. The summed E-state index contributed by atoms with van der Waals surface area (Å²) >= 11 is 0. The minimum atomic E-state index is -1.10. The topological polar surface area (TPSA) is 131 Å². The number of carbonyl (C=O) groups excluding carboxylic acids is 5. The number of hydrogen-bond donors (Lipinski definition) is 2. The molecule has 0 aromatic heterocycles. The van der Waals surface area contributed by atoms with Crippen LogP contribution in [0.2, 0.25) is 0 Å². The normalized spacial score (nSPS) is 23.4. The van der Waals surface area contributed by atoms with Gasteiger partial charge in [0.25, 0.3) is 5.78 Å². The monoisotopic (exact) mass is 535 g/mol. The molecule has 1 aliphatic carbocycles. The Bertz CT molecular complexity index is 960. The van der Waals surface area contributed by atoms with Gasteiger partial charge < -0.3 is 25.0 Å². The molecule has 0 radical (unpaired) electrons. The Kier molecular flexibility index (Phi) is 9.44. The van der Waals surface area contributed by atoms with Crippen molar-refractivity contribution < 1.29 is 33.4 Å². The lowest BCUT2D eigenvalue weighted by atomic mass is 9.85. The maximum Gasteiger partial charge on any atom is 0.408 e. The number of nitrogens with zero attached hydrogens (tertiary/aromatic N) is 1. The Morgan fingerprint density at radius 2 is 1.68 bits per heavy atom. The second-order valence-electron chi connectivity index (χ2n) is 12.8. The van der Waals surface area contributed by atoms with E-state index in [9.17, 15) is 24.0 Å². The van der Waals surface area contributed by atoms with E-state index in [0.717, 1.165) is 0 Å². The maximum atomic E-state index is 13.9. The lowest BCUT2D eigenvalue weighted by molar-refractivity contribution is -0.155. The molecule has 10 heteroatoms. The van der Waals surface area contributed by atoms with Crippen molar-refractivity contribution in [1.29, 1.82) is 0 Å². The number of allylic oxidation sites excluding steroid dienone is 1. The van der Waals surface area contributed by atoms with Gasteiger partial charge in [0.2, 0.25) is 11.8 Å². The first-order chi connectivity index (χ1) is 17.4. The molecule has 214 valence electrons. The molecule has 1 saturated heterocycles. The summed E-state index contributed by atoms with van der Waals surface area (Å²) in [4.78, 5) is 66.5. The van der Waals surface area contributed by atoms with Crippen LogP contribution in [-0.4, -0.2) is 71.4 Å². The molecule has 2 N–H and O–H groups in total. The van der Waals surface area contributed by atoms with Gasteiger partial charge in [0, 0.05) is 6.54 Å². The molecule has 0 spiro atoms. The van der Waals surface area contributed by atoms with E-state index in [1.54, 1.807) is 33.8 Å². The Morgan fingerprint density at radius 1 is 1.08 bits per heavy atom. The number of ether oxygens (including phenoxy) is 2. The third-order valence-corrected chi connectivity index (χ3v) is 7.30. The summed E-state index contributed by atoms with van der Waals surface area (Å²) < 4.78 is 10.2. The van der Waals surface area contributed by atoms with Gasteiger partial charge in [-0.15, -0.1) is 6.58 Å². The van der Waals surface area contributed by atoms with Crippen LogP contribution in [0.15, 0.2) is 12.7 Å². The number of rotatable bonds is 10. The molecule has 0 aromatic carbocycles. The summed E-state index contributed by atoms with van der Waals surface area (Å²) in [6, 6.07) is -2.91.